The summed E-state index contributed by atoms with van der Waals surface area (Å²) in [6.45, 7) is 3.12. The Kier molecular flexibility index (Phi) is 30.4. The Hall–Kier alpha value is -3.11. The van der Waals surface area contributed by atoms with Crippen molar-refractivity contribution in [3.63, 3.8) is 0 Å². The van der Waals surface area contributed by atoms with Crippen LogP contribution in [0.15, 0.2) is 163 Å². The number of carbonyl (C=O) groups is 5. The molecule has 0 fully saturated rings. The smallest absolute Gasteiger partial charge is 0.322 e. The Balaban J connectivity index is 0.00000480. The first-order chi connectivity index (χ1) is 39.8. The van der Waals surface area contributed by atoms with Crippen molar-refractivity contribution in [1.82, 2.24) is 0 Å². The van der Waals surface area contributed by atoms with E-state index in [0.717, 1.165) is 12.1 Å². The number of fused-ring (bicyclic) bond motifs is 2. The van der Waals surface area contributed by atoms with Crippen LogP contribution in [0.3, 0.4) is 0 Å². The maximum Gasteiger partial charge on any atom is 1.00 e. The molecule has 0 aliphatic heterocycles. The predicted molar refractivity (Wildman–Crippen MR) is 306 cm³/mol. The summed E-state index contributed by atoms with van der Waals surface area (Å²) in [4.78, 5) is 60.8. The number of carbonyl (C=O) groups excluding carboxylic acids is 5. The summed E-state index contributed by atoms with van der Waals surface area (Å²) < 4.78 is 206. The predicted octanol–water partition coefficient (Wildman–Crippen LogP) is -11.2. The molecule has 8 aromatic carbocycles. The van der Waals surface area contributed by atoms with Crippen molar-refractivity contribution >= 4 is 146 Å². The van der Waals surface area contributed by atoms with Gasteiger partial charge in [-0.1, -0.05) is 24.3 Å². The van der Waals surface area contributed by atoms with Gasteiger partial charge in [0.15, 0.2) is 0 Å². The first-order valence-electron chi connectivity index (χ1n) is 23.6. The number of nitrogens with one attached hydrogen (secondary N) is 6. The van der Waals surface area contributed by atoms with Gasteiger partial charge in [-0.2, -0.15) is 50.5 Å². The molecule has 0 atom stereocenters. The topological polar surface area (TPSA) is 484 Å². The average molecular weight is 1440 g/mol. The molecule has 0 saturated carbocycles. The number of aryl methyl sites for hydroxylation is 2. The SMILES string of the molecule is Cc1ccc(C(=O)Nc2ccc(S(=O)(=O)O)c3cc(S(=O)(=O)O)cc(S(=O)(=O)O)c23)cc1NC(=O)c1cccc(NC(=O)Nc2cccc(C(=O)Nc3cc(C(=O)Nc4ccc(S(=O)(=O)O)c5cc(S(=O)(=O)O)cc(S(=O)(=O)O)c45)ccc3C)c2)c1.[Na+].[Na+].[Na+].[Na+].[Na+].[Na+]. The zero-order valence-corrected chi connectivity index (χ0v) is 66.2. The summed E-state index contributed by atoms with van der Waals surface area (Å²) >= 11 is 0. The molecule has 8 aromatic rings. The number of benzene rings is 8. The van der Waals surface area contributed by atoms with E-state index >= 15 is 0 Å². The molecular formula is C51H40N6Na6O23S6+6. The quantitative estimate of drug-likeness (QED) is 0.0316. The van der Waals surface area contributed by atoms with Crippen molar-refractivity contribution < 1.29 is 279 Å². The van der Waals surface area contributed by atoms with E-state index in [-0.39, 0.29) is 222 Å². The van der Waals surface area contributed by atoms with E-state index in [2.05, 4.69) is 31.9 Å². The van der Waals surface area contributed by atoms with Gasteiger partial charge in [-0.25, -0.2) is 4.79 Å². The third-order valence-electron chi connectivity index (χ3n) is 12.5. The van der Waals surface area contributed by atoms with Crippen LogP contribution in [-0.2, 0) is 60.7 Å². The van der Waals surface area contributed by atoms with Crippen LogP contribution in [-0.4, -0.2) is 107 Å². The molecule has 8 rings (SSSR count). The van der Waals surface area contributed by atoms with Crippen molar-refractivity contribution in [3.8, 4) is 0 Å². The molecule has 6 amide bonds. The van der Waals surface area contributed by atoms with Gasteiger partial charge in [0.05, 0.1) is 21.2 Å². The van der Waals surface area contributed by atoms with Gasteiger partial charge in [-0.15, -0.1) is 0 Å². The molecule has 0 aliphatic carbocycles. The van der Waals surface area contributed by atoms with Gasteiger partial charge in [0.2, 0.25) is 0 Å². The van der Waals surface area contributed by atoms with Gasteiger partial charge >= 0.3 is 183 Å². The molecule has 0 bridgehead atoms. The fraction of sp³-hybridized carbons (Fsp3) is 0.0392. The Labute approximate surface area is 657 Å². The number of anilines is 6. The number of amides is 6. The summed E-state index contributed by atoms with van der Waals surface area (Å²) in [7, 11) is -31.9. The monoisotopic (exact) mass is 1430 g/mol. The fourth-order valence-corrected chi connectivity index (χ4v) is 12.6. The minimum absolute atomic E-state index is 0. The van der Waals surface area contributed by atoms with Crippen molar-refractivity contribution in [2.75, 3.05) is 31.9 Å². The molecule has 29 nitrogen and oxygen atoms in total. The van der Waals surface area contributed by atoms with Gasteiger partial charge in [-0.3, -0.25) is 46.5 Å². The zero-order valence-electron chi connectivity index (χ0n) is 49.3. The molecule has 0 heterocycles. The second-order valence-corrected chi connectivity index (χ2v) is 26.8. The van der Waals surface area contributed by atoms with E-state index in [1.54, 1.807) is 13.8 Å². The van der Waals surface area contributed by atoms with Gasteiger partial charge < -0.3 is 31.9 Å². The summed E-state index contributed by atoms with van der Waals surface area (Å²) in [5.74, 6) is -3.56. The van der Waals surface area contributed by atoms with Crippen LogP contribution >= 0.6 is 0 Å². The Morgan fingerprint density at radius 2 is 0.598 bits per heavy atom. The van der Waals surface area contributed by atoms with E-state index in [0.29, 0.717) is 47.5 Å². The Bertz CT molecular complexity index is 4740. The summed E-state index contributed by atoms with van der Waals surface area (Å²) in [6.07, 6.45) is 0. The van der Waals surface area contributed by atoms with Crippen LogP contribution in [0.1, 0.15) is 52.6 Å². The third kappa shape index (κ3) is 20.5. The summed E-state index contributed by atoms with van der Waals surface area (Å²) in [5.41, 5.74) is -0.385. The average Bonchev–Trinajstić information content (AvgIpc) is 0.753. The molecule has 41 heteroatoms. The van der Waals surface area contributed by atoms with Crippen molar-refractivity contribution in [2.45, 2.75) is 43.2 Å². The van der Waals surface area contributed by atoms with Crippen molar-refractivity contribution in [1.29, 1.82) is 0 Å². The molecule has 92 heavy (non-hydrogen) atoms. The molecule has 448 valence electrons. The van der Waals surface area contributed by atoms with E-state index in [1.165, 1.54) is 84.9 Å². The van der Waals surface area contributed by atoms with E-state index in [4.69, 9.17) is 0 Å². The number of hydrogen-bond acceptors (Lipinski definition) is 17. The van der Waals surface area contributed by atoms with E-state index < -0.39 is 153 Å². The van der Waals surface area contributed by atoms with Gasteiger partial charge in [0.25, 0.3) is 84.3 Å². The number of hydrogen-bond donors (Lipinski definition) is 12. The summed E-state index contributed by atoms with van der Waals surface area (Å²) in [5, 5.41) is 11.8. The Morgan fingerprint density at radius 1 is 0.304 bits per heavy atom. The van der Waals surface area contributed by atoms with Gasteiger partial charge in [0, 0.05) is 66.5 Å². The van der Waals surface area contributed by atoms with Crippen LogP contribution in [0.25, 0.3) is 21.5 Å². The second kappa shape index (κ2) is 33.0. The molecule has 0 radical (unpaired) electrons. The number of rotatable bonds is 16. The minimum Gasteiger partial charge on any atom is -0.322 e. The molecule has 0 saturated heterocycles. The normalized spacial score (nSPS) is 11.5. The van der Waals surface area contributed by atoms with Crippen LogP contribution in [0.4, 0.5) is 38.9 Å². The maximum atomic E-state index is 13.7. The minimum atomic E-state index is -5.45. The zero-order chi connectivity index (χ0) is 63.4. The fourth-order valence-electron chi connectivity index (χ4n) is 8.50. The van der Waals surface area contributed by atoms with Gasteiger partial charge in [-0.05, 0) is 134 Å². The molecular weight excluding hydrogens is 1390 g/mol. The molecule has 0 spiro atoms. The third-order valence-corrected chi connectivity index (χ3v) is 17.7. The van der Waals surface area contributed by atoms with E-state index in [1.807, 2.05) is 0 Å². The van der Waals surface area contributed by atoms with Gasteiger partial charge in [0.1, 0.15) is 19.6 Å². The van der Waals surface area contributed by atoms with Crippen LogP contribution < -0.4 is 209 Å². The van der Waals surface area contributed by atoms with Crippen LogP contribution in [0.2, 0.25) is 0 Å². The standard InChI is InChI=1S/C51H40N6O23S6.6Na/c1-25-9-11-29(49(60)54-37-13-15-41(83(69,70)71)35-21-33(81(63,64)65)23-43(45(35)37)85(75,76)77)19-39(25)56-47(58)27-5-3-7-31(17-27)52-51(62)53-32-8-4-6-28(18-32)48(59)57-40-20-30(12-10-26(40)2)50(61)55-38-14-16-42(84(72,73)74)36-22-34(82(66,67)68)24-44(46(36)38)86(78,79)80;;;;;;/h3-24H,1-2H3,(H,54,60)(H,55,61)(H,56,58)(H,57,59)(H2,52,53,62)(H,63,64,65)(H,66,67,68)(H,69,70,71)(H,72,73,74)(H,75,76,77)(H,78,79,80);;;;;;/q;6*+1. The molecule has 0 unspecified atom stereocenters. The van der Waals surface area contributed by atoms with E-state index in [9.17, 15) is 102 Å². The van der Waals surface area contributed by atoms with Crippen molar-refractivity contribution in [3.05, 3.63) is 167 Å². The second-order valence-electron chi connectivity index (χ2n) is 18.4. The first kappa shape index (κ1) is 85.0. The molecule has 12 N–H and O–H groups in total. The van der Waals surface area contributed by atoms with Crippen LogP contribution in [0, 0.1) is 13.8 Å². The van der Waals surface area contributed by atoms with Crippen LogP contribution in [0.5, 0.6) is 0 Å². The first-order valence-corrected chi connectivity index (χ1v) is 32.2. The number of urea groups is 1. The van der Waals surface area contributed by atoms with Crippen molar-refractivity contribution in [2.24, 2.45) is 0 Å². The molecule has 0 aromatic heterocycles. The summed E-state index contributed by atoms with van der Waals surface area (Å²) in [6, 6.07) is 22.6. The molecule has 0 aliphatic rings. The maximum absolute atomic E-state index is 13.7. The largest absolute Gasteiger partial charge is 1.00 e. The Morgan fingerprint density at radius 3 is 0.891 bits per heavy atom.